The number of ether oxygens (including phenoxy) is 1. The molecule has 1 saturated heterocycles. The molecule has 10 nitrogen and oxygen atoms in total. The molecular formula is C46H55ClN6O4S. The van der Waals surface area contributed by atoms with E-state index in [1.165, 1.54) is 29.2 Å². The zero-order valence-corrected chi connectivity index (χ0v) is 35.8. The summed E-state index contributed by atoms with van der Waals surface area (Å²) < 4.78 is 36.0. The number of rotatable bonds is 14. The standard InChI is InChI=1S/C46H55ClN6O4S/c1-32-27-39(13-16-42(32)48-20-6-22-51(4)5)58(55,56)50-45(54)40-14-11-37(29-44(40)57-38-12-15-43-34(28-38)18-21-49-43)53-25-23-52(24-26-53)31-35-17-19-46(2,3)30-41(35)33-7-9-36(47)10-8-33/h7-16,18,21,27-29,48-49H,6,17,19-20,22-26,30-31H2,1-5H3,(H,50,54). The maximum Gasteiger partial charge on any atom is 0.268 e. The molecular weight excluding hydrogens is 768 g/mol. The third kappa shape index (κ3) is 10.1. The van der Waals surface area contributed by atoms with Crippen LogP contribution in [0.15, 0.2) is 102 Å². The molecule has 306 valence electrons. The summed E-state index contributed by atoms with van der Waals surface area (Å²) in [4.78, 5) is 24.0. The highest BCUT2D eigenvalue weighted by Crippen LogP contribution is 2.43. The maximum absolute atomic E-state index is 13.9. The monoisotopic (exact) mass is 822 g/mol. The van der Waals surface area contributed by atoms with E-state index in [1.54, 1.807) is 18.2 Å². The van der Waals surface area contributed by atoms with Crippen molar-refractivity contribution in [2.24, 2.45) is 5.41 Å². The number of hydrogen-bond donors (Lipinski definition) is 3. The second-order valence-electron chi connectivity index (χ2n) is 16.7. The van der Waals surface area contributed by atoms with Gasteiger partial charge in [0.05, 0.1) is 10.5 Å². The van der Waals surface area contributed by atoms with Gasteiger partial charge in [0.25, 0.3) is 15.9 Å². The molecule has 0 unspecified atom stereocenters. The molecule has 58 heavy (non-hydrogen) atoms. The Morgan fingerprint density at radius 1 is 0.948 bits per heavy atom. The molecule has 2 heterocycles. The van der Waals surface area contributed by atoms with Crippen LogP contribution >= 0.6 is 11.6 Å². The highest BCUT2D eigenvalue weighted by molar-refractivity contribution is 7.90. The number of aromatic amines is 1. The molecule has 1 aliphatic carbocycles. The number of aromatic nitrogens is 1. The maximum atomic E-state index is 13.9. The van der Waals surface area contributed by atoms with Crippen LogP contribution in [0.5, 0.6) is 11.5 Å². The summed E-state index contributed by atoms with van der Waals surface area (Å²) in [7, 11) is -0.132. The van der Waals surface area contributed by atoms with E-state index in [1.807, 2.05) is 75.7 Å². The Labute approximate surface area is 348 Å². The highest BCUT2D eigenvalue weighted by Gasteiger charge is 2.30. The van der Waals surface area contributed by atoms with Crippen LogP contribution in [0.25, 0.3) is 16.5 Å². The van der Waals surface area contributed by atoms with Gasteiger partial charge in [0.15, 0.2) is 0 Å². The van der Waals surface area contributed by atoms with Gasteiger partial charge >= 0.3 is 0 Å². The van der Waals surface area contributed by atoms with Crippen LogP contribution in [0, 0.1) is 12.3 Å². The molecule has 5 aromatic rings. The minimum absolute atomic E-state index is 0.0139. The van der Waals surface area contributed by atoms with Crippen LogP contribution in [0.4, 0.5) is 11.4 Å². The van der Waals surface area contributed by atoms with Gasteiger partial charge in [-0.3, -0.25) is 9.69 Å². The molecule has 12 heteroatoms. The number of allylic oxidation sites excluding steroid dienone is 1. The number of hydrogen-bond acceptors (Lipinski definition) is 8. The minimum atomic E-state index is -4.19. The first-order valence-electron chi connectivity index (χ1n) is 20.1. The first-order valence-corrected chi connectivity index (χ1v) is 22.0. The third-order valence-electron chi connectivity index (χ3n) is 11.3. The summed E-state index contributed by atoms with van der Waals surface area (Å²) in [6.45, 7) is 12.6. The zero-order chi connectivity index (χ0) is 41.0. The fraction of sp³-hybridized carbons (Fsp3) is 0.370. The van der Waals surface area contributed by atoms with Gasteiger partial charge in [-0.1, -0.05) is 43.2 Å². The molecule has 1 aliphatic heterocycles. The number of H-pyrrole nitrogens is 1. The fourth-order valence-electron chi connectivity index (χ4n) is 7.96. The van der Waals surface area contributed by atoms with Gasteiger partial charge in [0.1, 0.15) is 11.5 Å². The minimum Gasteiger partial charge on any atom is -0.456 e. The predicted octanol–water partition coefficient (Wildman–Crippen LogP) is 9.19. The Kier molecular flexibility index (Phi) is 12.5. The van der Waals surface area contributed by atoms with Crippen molar-refractivity contribution in [3.63, 3.8) is 0 Å². The van der Waals surface area contributed by atoms with Crippen molar-refractivity contribution in [3.05, 3.63) is 118 Å². The summed E-state index contributed by atoms with van der Waals surface area (Å²) in [6, 6.07) is 26.1. The molecule has 0 radical (unpaired) electrons. The van der Waals surface area contributed by atoms with Crippen LogP contribution in [-0.2, 0) is 10.0 Å². The number of fused-ring (bicyclic) bond motifs is 1. The molecule has 2 aliphatic rings. The van der Waals surface area contributed by atoms with Crippen molar-refractivity contribution in [1.29, 1.82) is 0 Å². The van der Waals surface area contributed by atoms with Crippen molar-refractivity contribution in [1.82, 2.24) is 19.5 Å². The van der Waals surface area contributed by atoms with Gasteiger partial charge in [0.2, 0.25) is 0 Å². The van der Waals surface area contributed by atoms with Crippen LogP contribution in [0.2, 0.25) is 5.02 Å². The Bertz CT molecular complexity index is 2400. The quantitative estimate of drug-likeness (QED) is 0.0952. The van der Waals surface area contributed by atoms with E-state index in [9.17, 15) is 13.2 Å². The van der Waals surface area contributed by atoms with Crippen LogP contribution < -0.4 is 19.7 Å². The van der Waals surface area contributed by atoms with Gasteiger partial charge in [-0.2, -0.15) is 0 Å². The lowest BCUT2D eigenvalue weighted by atomic mass is 9.72. The summed E-state index contributed by atoms with van der Waals surface area (Å²) in [5, 5.41) is 5.09. The Hall–Kier alpha value is -4.81. The number of carbonyl (C=O) groups is 1. The molecule has 1 aromatic heterocycles. The van der Waals surface area contributed by atoms with Crippen LogP contribution in [-0.4, -0.2) is 89.0 Å². The van der Waals surface area contributed by atoms with E-state index in [2.05, 4.69) is 55.7 Å². The summed E-state index contributed by atoms with van der Waals surface area (Å²) in [5.74, 6) is 0.0484. The fourth-order valence-corrected chi connectivity index (χ4v) is 9.13. The van der Waals surface area contributed by atoms with E-state index < -0.39 is 15.9 Å². The average Bonchev–Trinajstić information content (AvgIpc) is 3.66. The summed E-state index contributed by atoms with van der Waals surface area (Å²) in [6.07, 6.45) is 6.11. The Balaban J connectivity index is 1.08. The molecule has 1 amide bonds. The molecule has 0 saturated carbocycles. The number of halogens is 1. The lowest BCUT2D eigenvalue weighted by Gasteiger charge is -2.39. The number of nitrogens with zero attached hydrogens (tertiary/aromatic N) is 3. The van der Waals surface area contributed by atoms with Gasteiger partial charge in [-0.25, -0.2) is 13.1 Å². The third-order valence-corrected chi connectivity index (χ3v) is 12.9. The Morgan fingerprint density at radius 3 is 2.47 bits per heavy atom. The number of sulfonamides is 1. The predicted molar refractivity (Wildman–Crippen MR) is 237 cm³/mol. The number of anilines is 2. The van der Waals surface area contributed by atoms with Gasteiger partial charge < -0.3 is 24.8 Å². The first-order chi connectivity index (χ1) is 27.7. The van der Waals surface area contributed by atoms with Gasteiger partial charge in [0, 0.05) is 78.8 Å². The normalized spacial score (nSPS) is 16.2. The molecule has 1 fully saturated rings. The zero-order valence-electron chi connectivity index (χ0n) is 34.2. The molecule has 3 N–H and O–H groups in total. The van der Waals surface area contributed by atoms with E-state index in [0.717, 1.165) is 97.9 Å². The van der Waals surface area contributed by atoms with Gasteiger partial charge in [-0.15, -0.1) is 0 Å². The van der Waals surface area contributed by atoms with Crippen molar-refractivity contribution >= 4 is 55.4 Å². The average molecular weight is 824 g/mol. The lowest BCUT2D eigenvalue weighted by Crippen LogP contribution is -2.47. The summed E-state index contributed by atoms with van der Waals surface area (Å²) >= 11 is 6.25. The van der Waals surface area contributed by atoms with Crippen LogP contribution in [0.1, 0.15) is 61.0 Å². The van der Waals surface area contributed by atoms with Gasteiger partial charge in [-0.05, 0) is 142 Å². The molecule has 0 spiro atoms. The number of benzene rings is 4. The van der Waals surface area contributed by atoms with E-state index in [-0.39, 0.29) is 21.6 Å². The molecule has 0 atom stereocenters. The number of aryl methyl sites for hydroxylation is 1. The van der Waals surface area contributed by atoms with E-state index in [0.29, 0.717) is 5.75 Å². The van der Waals surface area contributed by atoms with Crippen molar-refractivity contribution in [2.75, 3.05) is 70.1 Å². The summed E-state index contributed by atoms with van der Waals surface area (Å²) in [5.41, 5.74) is 8.09. The molecule has 7 rings (SSSR count). The van der Waals surface area contributed by atoms with Crippen LogP contribution in [0.3, 0.4) is 0 Å². The number of carbonyl (C=O) groups excluding carboxylic acids is 1. The number of amides is 1. The number of nitrogens with one attached hydrogen (secondary N) is 3. The van der Waals surface area contributed by atoms with Crippen molar-refractivity contribution in [3.8, 4) is 11.5 Å². The highest BCUT2D eigenvalue weighted by atomic mass is 35.5. The van der Waals surface area contributed by atoms with Crippen molar-refractivity contribution in [2.45, 2.75) is 51.3 Å². The first kappa shape index (κ1) is 41.4. The second kappa shape index (κ2) is 17.6. The smallest absolute Gasteiger partial charge is 0.268 e. The lowest BCUT2D eigenvalue weighted by molar-refractivity contribution is 0.0979. The number of piperazine rings is 1. The molecule has 0 bridgehead atoms. The molecule has 4 aromatic carbocycles. The van der Waals surface area contributed by atoms with Crippen molar-refractivity contribution < 1.29 is 17.9 Å². The Morgan fingerprint density at radius 2 is 1.72 bits per heavy atom. The topological polar surface area (TPSA) is 110 Å². The van der Waals surface area contributed by atoms with E-state index in [4.69, 9.17) is 16.3 Å². The second-order valence-corrected chi connectivity index (χ2v) is 18.8. The largest absolute Gasteiger partial charge is 0.456 e. The SMILES string of the molecule is Cc1cc(S(=O)(=O)NC(=O)c2ccc(N3CCN(CC4=C(c5ccc(Cl)cc5)CC(C)(C)CC4)CC3)cc2Oc2ccc3[nH]ccc3c2)ccc1NCCCN(C)C. The van der Waals surface area contributed by atoms with E-state index >= 15 is 0 Å².